The first-order valence-corrected chi connectivity index (χ1v) is 7.16. The topological polar surface area (TPSA) is 101 Å². The minimum atomic E-state index is -3.46. The molecule has 0 spiro atoms. The molecule has 0 fully saturated rings. The monoisotopic (exact) mass is 265 g/mol. The number of sulfone groups is 1. The van der Waals surface area contributed by atoms with Gasteiger partial charge in [-0.25, -0.2) is 13.2 Å². The van der Waals surface area contributed by atoms with Crippen LogP contribution in [-0.4, -0.2) is 42.9 Å². The highest BCUT2D eigenvalue weighted by molar-refractivity contribution is 7.91. The fraction of sp³-hybridized carbons (Fsp3) is 0.800. The zero-order valence-electron chi connectivity index (χ0n) is 10.3. The third kappa shape index (κ3) is 7.73. The van der Waals surface area contributed by atoms with Crippen molar-refractivity contribution in [2.24, 2.45) is 5.92 Å². The van der Waals surface area contributed by atoms with Crippen LogP contribution < -0.4 is 5.32 Å². The molecule has 0 aliphatic heterocycles. The molecule has 1 atom stereocenters. The molecule has 0 aliphatic carbocycles. The van der Waals surface area contributed by atoms with E-state index < -0.39 is 33.5 Å². The maximum absolute atomic E-state index is 11.6. The molecule has 0 saturated heterocycles. The molecule has 0 unspecified atom stereocenters. The molecule has 0 aromatic carbocycles. The lowest BCUT2D eigenvalue weighted by Gasteiger charge is -2.14. The van der Waals surface area contributed by atoms with Crippen LogP contribution in [0.4, 0.5) is 0 Å². The Morgan fingerprint density at radius 1 is 1.29 bits per heavy atom. The molecule has 1 amide bonds. The number of rotatable bonds is 7. The van der Waals surface area contributed by atoms with E-state index in [0.29, 0.717) is 6.42 Å². The van der Waals surface area contributed by atoms with Gasteiger partial charge in [-0.3, -0.25) is 4.79 Å². The van der Waals surface area contributed by atoms with E-state index >= 15 is 0 Å². The van der Waals surface area contributed by atoms with Crippen LogP contribution in [0, 0.1) is 5.92 Å². The number of hydrogen-bond donors (Lipinski definition) is 2. The molecule has 0 saturated carbocycles. The second kappa shape index (κ2) is 6.58. The summed E-state index contributed by atoms with van der Waals surface area (Å²) in [5, 5.41) is 10.9. The van der Waals surface area contributed by atoms with Crippen LogP contribution in [0.15, 0.2) is 0 Å². The first-order valence-electron chi connectivity index (χ1n) is 5.34. The molecule has 0 aromatic heterocycles. The number of aliphatic carboxylic acids is 1. The summed E-state index contributed by atoms with van der Waals surface area (Å²) in [6.07, 6.45) is 0.481. The SMILES string of the molecule is CC(=O)N[C@@H](CS(=O)(=O)CCC(C)C)C(=O)O. The predicted molar refractivity (Wildman–Crippen MR) is 63.3 cm³/mol. The highest BCUT2D eigenvalue weighted by Crippen LogP contribution is 2.05. The first kappa shape index (κ1) is 15.9. The summed E-state index contributed by atoms with van der Waals surface area (Å²) in [6.45, 7) is 4.92. The molecular weight excluding hydrogens is 246 g/mol. The summed E-state index contributed by atoms with van der Waals surface area (Å²) in [4.78, 5) is 21.5. The number of amides is 1. The van der Waals surface area contributed by atoms with Crippen LogP contribution in [-0.2, 0) is 19.4 Å². The molecule has 6 nitrogen and oxygen atoms in total. The van der Waals surface area contributed by atoms with Crippen molar-refractivity contribution in [3.63, 3.8) is 0 Å². The van der Waals surface area contributed by atoms with Gasteiger partial charge in [-0.2, -0.15) is 0 Å². The first-order chi connectivity index (χ1) is 7.64. The Kier molecular flexibility index (Phi) is 6.15. The van der Waals surface area contributed by atoms with Gasteiger partial charge in [0.2, 0.25) is 5.91 Å². The zero-order valence-corrected chi connectivity index (χ0v) is 11.1. The van der Waals surface area contributed by atoms with E-state index in [1.54, 1.807) is 0 Å². The molecule has 0 bridgehead atoms. The van der Waals surface area contributed by atoms with Crippen molar-refractivity contribution >= 4 is 21.7 Å². The fourth-order valence-corrected chi connectivity index (χ4v) is 2.90. The van der Waals surface area contributed by atoms with Crippen LogP contribution in [0.5, 0.6) is 0 Å². The number of carbonyl (C=O) groups is 2. The second-order valence-corrected chi connectivity index (χ2v) is 6.62. The Morgan fingerprint density at radius 3 is 2.18 bits per heavy atom. The van der Waals surface area contributed by atoms with Crippen molar-refractivity contribution in [1.29, 1.82) is 0 Å². The Bertz CT molecular complexity index is 374. The van der Waals surface area contributed by atoms with Crippen molar-refractivity contribution in [3.05, 3.63) is 0 Å². The van der Waals surface area contributed by atoms with Gasteiger partial charge in [0.1, 0.15) is 6.04 Å². The molecule has 2 N–H and O–H groups in total. The molecule has 0 aliphatic rings. The van der Waals surface area contributed by atoms with Crippen molar-refractivity contribution in [2.75, 3.05) is 11.5 Å². The van der Waals surface area contributed by atoms with Gasteiger partial charge >= 0.3 is 5.97 Å². The van der Waals surface area contributed by atoms with E-state index in [-0.39, 0.29) is 11.7 Å². The van der Waals surface area contributed by atoms with Crippen molar-refractivity contribution in [3.8, 4) is 0 Å². The maximum Gasteiger partial charge on any atom is 0.327 e. The minimum absolute atomic E-state index is 0.0615. The highest BCUT2D eigenvalue weighted by Gasteiger charge is 2.25. The molecule has 0 rings (SSSR count). The van der Waals surface area contributed by atoms with Gasteiger partial charge in [-0.05, 0) is 12.3 Å². The van der Waals surface area contributed by atoms with Gasteiger partial charge in [0.15, 0.2) is 9.84 Å². The molecule has 100 valence electrons. The number of carboxylic acid groups (broad SMARTS) is 1. The quantitative estimate of drug-likeness (QED) is 0.676. The number of carbonyl (C=O) groups excluding carboxylic acids is 1. The maximum atomic E-state index is 11.6. The summed E-state index contributed by atoms with van der Waals surface area (Å²) in [7, 11) is -3.46. The number of nitrogens with one attached hydrogen (secondary N) is 1. The summed E-state index contributed by atoms with van der Waals surface area (Å²) in [6, 6.07) is -1.37. The van der Waals surface area contributed by atoms with Crippen LogP contribution >= 0.6 is 0 Å². The molecule has 0 aromatic rings. The van der Waals surface area contributed by atoms with Gasteiger partial charge in [0.05, 0.1) is 11.5 Å². The lowest BCUT2D eigenvalue weighted by atomic mass is 10.2. The van der Waals surface area contributed by atoms with E-state index in [2.05, 4.69) is 5.32 Å². The predicted octanol–water partition coefficient (Wildman–Crippen LogP) is 0.0366. The van der Waals surface area contributed by atoms with Crippen LogP contribution in [0.2, 0.25) is 0 Å². The van der Waals surface area contributed by atoms with Crippen molar-refractivity contribution < 1.29 is 23.1 Å². The third-order valence-corrected chi connectivity index (χ3v) is 3.80. The second-order valence-electron chi connectivity index (χ2n) is 4.39. The molecule has 0 heterocycles. The average molecular weight is 265 g/mol. The van der Waals surface area contributed by atoms with E-state index in [1.165, 1.54) is 0 Å². The normalized spacial score (nSPS) is 13.4. The minimum Gasteiger partial charge on any atom is -0.480 e. The molecule has 17 heavy (non-hydrogen) atoms. The summed E-state index contributed by atoms with van der Waals surface area (Å²) in [5.74, 6) is -2.29. The van der Waals surface area contributed by atoms with E-state index in [1.807, 2.05) is 13.8 Å². The standard InChI is InChI=1S/C10H19NO5S/c1-7(2)4-5-17(15,16)6-9(10(13)14)11-8(3)12/h7,9H,4-6H2,1-3H3,(H,11,12)(H,13,14)/t9-/m0/s1. The van der Waals surface area contributed by atoms with Gasteiger partial charge < -0.3 is 10.4 Å². The summed E-state index contributed by atoms with van der Waals surface area (Å²) < 4.78 is 23.2. The van der Waals surface area contributed by atoms with Crippen molar-refractivity contribution in [2.45, 2.75) is 33.2 Å². The number of carboxylic acids is 1. The molecular formula is C10H19NO5S. The molecule has 0 radical (unpaired) electrons. The zero-order chi connectivity index (χ0) is 13.6. The van der Waals surface area contributed by atoms with Crippen molar-refractivity contribution in [1.82, 2.24) is 5.32 Å². The van der Waals surface area contributed by atoms with E-state index in [0.717, 1.165) is 6.92 Å². The summed E-state index contributed by atoms with van der Waals surface area (Å²) in [5.41, 5.74) is 0. The van der Waals surface area contributed by atoms with Crippen LogP contribution in [0.25, 0.3) is 0 Å². The Morgan fingerprint density at radius 2 is 1.82 bits per heavy atom. The lowest BCUT2D eigenvalue weighted by molar-refractivity contribution is -0.140. The molecule has 7 heteroatoms. The largest absolute Gasteiger partial charge is 0.480 e. The third-order valence-electron chi connectivity index (χ3n) is 2.10. The van der Waals surface area contributed by atoms with Crippen LogP contribution in [0.3, 0.4) is 0 Å². The Hall–Kier alpha value is -1.11. The average Bonchev–Trinajstić information content (AvgIpc) is 2.12. The van der Waals surface area contributed by atoms with Gasteiger partial charge in [0, 0.05) is 6.92 Å². The lowest BCUT2D eigenvalue weighted by Crippen LogP contribution is -2.44. The number of hydrogen-bond acceptors (Lipinski definition) is 4. The Labute approximate surface area is 101 Å². The Balaban J connectivity index is 4.53. The van der Waals surface area contributed by atoms with E-state index in [9.17, 15) is 18.0 Å². The summed E-state index contributed by atoms with van der Waals surface area (Å²) >= 11 is 0. The highest BCUT2D eigenvalue weighted by atomic mass is 32.2. The van der Waals surface area contributed by atoms with Gasteiger partial charge in [-0.1, -0.05) is 13.8 Å². The smallest absolute Gasteiger partial charge is 0.327 e. The van der Waals surface area contributed by atoms with E-state index in [4.69, 9.17) is 5.11 Å². The van der Waals surface area contributed by atoms with Gasteiger partial charge in [-0.15, -0.1) is 0 Å². The van der Waals surface area contributed by atoms with Gasteiger partial charge in [0.25, 0.3) is 0 Å². The van der Waals surface area contributed by atoms with Crippen LogP contribution in [0.1, 0.15) is 27.2 Å². The fourth-order valence-electron chi connectivity index (χ4n) is 1.17.